The first-order valence-corrected chi connectivity index (χ1v) is 6.87. The van der Waals surface area contributed by atoms with Crippen LogP contribution < -0.4 is 11.0 Å². The molecule has 0 aliphatic rings. The van der Waals surface area contributed by atoms with Crippen LogP contribution in [0.4, 0.5) is 0 Å². The summed E-state index contributed by atoms with van der Waals surface area (Å²) in [6, 6.07) is 9.82. The van der Waals surface area contributed by atoms with Gasteiger partial charge in [-0.05, 0) is 25.0 Å². The number of nitrogens with zero attached hydrogens (tertiary/aromatic N) is 1. The number of aryl methyl sites for hydroxylation is 1. The monoisotopic (exact) mass is 298 g/mol. The van der Waals surface area contributed by atoms with Crippen LogP contribution in [0.15, 0.2) is 45.8 Å². The molecule has 0 aliphatic heterocycles. The van der Waals surface area contributed by atoms with Crippen molar-refractivity contribution in [2.24, 2.45) is 5.10 Å². The van der Waals surface area contributed by atoms with Crippen LogP contribution >= 0.6 is 0 Å². The Balaban J connectivity index is 1.91. The Labute approximate surface area is 127 Å². The fourth-order valence-electron chi connectivity index (χ4n) is 1.94. The Hall–Kier alpha value is -2.89. The van der Waals surface area contributed by atoms with Crippen LogP contribution in [0.25, 0.3) is 6.08 Å². The van der Waals surface area contributed by atoms with Gasteiger partial charge in [0.05, 0.1) is 12.6 Å². The number of hydrogen-bond acceptors (Lipinski definition) is 3. The van der Waals surface area contributed by atoms with Crippen molar-refractivity contribution in [3.05, 3.63) is 63.1 Å². The summed E-state index contributed by atoms with van der Waals surface area (Å²) in [5.74, 6) is -0.336. The zero-order chi connectivity index (χ0) is 15.9. The second kappa shape index (κ2) is 7.21. The summed E-state index contributed by atoms with van der Waals surface area (Å²) in [5.41, 5.74) is 5.18. The summed E-state index contributed by atoms with van der Waals surface area (Å²) in [4.78, 5) is 23.2. The van der Waals surface area contributed by atoms with Crippen molar-refractivity contribution >= 4 is 18.2 Å². The van der Waals surface area contributed by atoms with Gasteiger partial charge in [-0.25, -0.2) is 5.43 Å². The van der Waals surface area contributed by atoms with Gasteiger partial charge >= 0.3 is 0 Å². The maximum atomic E-state index is 11.7. The molecule has 0 atom stereocenters. The van der Waals surface area contributed by atoms with E-state index in [2.05, 4.69) is 20.7 Å². The highest BCUT2D eigenvalue weighted by atomic mass is 16.2. The van der Waals surface area contributed by atoms with E-state index in [4.69, 9.17) is 0 Å². The predicted molar refractivity (Wildman–Crippen MR) is 86.6 cm³/mol. The Morgan fingerprint density at radius 3 is 2.64 bits per heavy atom. The van der Waals surface area contributed by atoms with E-state index in [0.29, 0.717) is 11.3 Å². The molecule has 114 valence electrons. The molecule has 1 amide bonds. The molecular formula is C16H18N4O2. The van der Waals surface area contributed by atoms with E-state index in [1.54, 1.807) is 13.1 Å². The topological polar surface area (TPSA) is 90.1 Å². The van der Waals surface area contributed by atoms with Gasteiger partial charge in [0.1, 0.15) is 0 Å². The molecule has 1 aromatic heterocycles. The number of aromatic amines is 2. The van der Waals surface area contributed by atoms with E-state index in [-0.39, 0.29) is 17.9 Å². The summed E-state index contributed by atoms with van der Waals surface area (Å²) in [6.07, 6.45) is 3.51. The van der Waals surface area contributed by atoms with Gasteiger partial charge in [0, 0.05) is 11.3 Å². The average molecular weight is 298 g/mol. The number of nitrogens with one attached hydrogen (secondary N) is 3. The molecule has 1 aromatic carbocycles. The highest BCUT2D eigenvalue weighted by Crippen LogP contribution is 2.04. The van der Waals surface area contributed by atoms with Crippen LogP contribution in [-0.2, 0) is 11.2 Å². The molecule has 0 radical (unpaired) electrons. The highest BCUT2D eigenvalue weighted by molar-refractivity contribution is 5.86. The number of aromatic nitrogens is 2. The fraction of sp³-hybridized carbons (Fsp3) is 0.188. The van der Waals surface area contributed by atoms with E-state index in [0.717, 1.165) is 11.1 Å². The van der Waals surface area contributed by atoms with E-state index in [9.17, 15) is 9.59 Å². The molecule has 2 aromatic rings. The Morgan fingerprint density at radius 1 is 1.27 bits per heavy atom. The van der Waals surface area contributed by atoms with Crippen molar-refractivity contribution in [3.8, 4) is 0 Å². The van der Waals surface area contributed by atoms with Gasteiger partial charge in [-0.3, -0.25) is 14.7 Å². The molecule has 6 heteroatoms. The molecule has 6 nitrogen and oxygen atoms in total. The standard InChI is InChI=1S/C16H18N4O2/c1-11(8-13-6-4-3-5-7-13)10-17-19-15(21)9-14-12(2)18-20-16(14)22/h3-8,10H,9H2,1-2H3,(H,19,21)(H2,18,20,22)/b11-8+,17-10+. The maximum absolute atomic E-state index is 11.7. The van der Waals surface area contributed by atoms with Crippen molar-refractivity contribution in [2.45, 2.75) is 20.3 Å². The third-order valence-corrected chi connectivity index (χ3v) is 3.08. The second-order valence-corrected chi connectivity index (χ2v) is 4.95. The van der Waals surface area contributed by atoms with Gasteiger partial charge in [-0.2, -0.15) is 5.10 Å². The molecule has 0 saturated carbocycles. The first kappa shape index (κ1) is 15.5. The fourth-order valence-corrected chi connectivity index (χ4v) is 1.94. The number of benzene rings is 1. The largest absolute Gasteiger partial charge is 0.302 e. The minimum Gasteiger partial charge on any atom is -0.302 e. The van der Waals surface area contributed by atoms with Gasteiger partial charge in [0.15, 0.2) is 0 Å². The summed E-state index contributed by atoms with van der Waals surface area (Å²) >= 11 is 0. The minimum absolute atomic E-state index is 0.0105. The first-order valence-electron chi connectivity index (χ1n) is 6.87. The third-order valence-electron chi connectivity index (χ3n) is 3.08. The number of amides is 1. The van der Waals surface area contributed by atoms with E-state index >= 15 is 0 Å². The molecule has 0 aliphatic carbocycles. The lowest BCUT2D eigenvalue weighted by Gasteiger charge is -1.98. The Kier molecular flexibility index (Phi) is 5.08. The number of H-pyrrole nitrogens is 2. The first-order chi connectivity index (χ1) is 10.6. The lowest BCUT2D eigenvalue weighted by atomic mass is 10.1. The Morgan fingerprint density at radius 2 is 2.00 bits per heavy atom. The molecular weight excluding hydrogens is 280 g/mol. The number of hydrazone groups is 1. The van der Waals surface area contributed by atoms with Crippen molar-refractivity contribution in [3.63, 3.8) is 0 Å². The van der Waals surface area contributed by atoms with Gasteiger partial charge < -0.3 is 5.10 Å². The molecule has 2 rings (SSSR count). The number of carbonyl (C=O) groups is 1. The number of hydrogen-bond donors (Lipinski definition) is 3. The van der Waals surface area contributed by atoms with Crippen LogP contribution in [-0.4, -0.2) is 22.3 Å². The van der Waals surface area contributed by atoms with Crippen molar-refractivity contribution in [2.75, 3.05) is 0 Å². The lowest BCUT2D eigenvalue weighted by Crippen LogP contribution is -2.23. The molecule has 3 N–H and O–H groups in total. The van der Waals surface area contributed by atoms with Crippen LogP contribution in [0.3, 0.4) is 0 Å². The van der Waals surface area contributed by atoms with Crippen LogP contribution in [0.2, 0.25) is 0 Å². The van der Waals surface area contributed by atoms with E-state index in [1.807, 2.05) is 43.3 Å². The molecule has 0 saturated heterocycles. The number of allylic oxidation sites excluding steroid dienone is 1. The SMILES string of the molecule is CC(/C=N/NC(=O)Cc1c(C)[nH][nH]c1=O)=C\c1ccccc1. The summed E-state index contributed by atoms with van der Waals surface area (Å²) < 4.78 is 0. The maximum Gasteiger partial charge on any atom is 0.267 e. The third kappa shape index (κ3) is 4.31. The normalized spacial score (nSPS) is 11.8. The smallest absolute Gasteiger partial charge is 0.267 e. The quantitative estimate of drug-likeness (QED) is 0.580. The van der Waals surface area contributed by atoms with Crippen molar-refractivity contribution < 1.29 is 4.79 Å². The summed E-state index contributed by atoms with van der Waals surface area (Å²) in [5, 5.41) is 9.01. The summed E-state index contributed by atoms with van der Waals surface area (Å²) in [7, 11) is 0. The minimum atomic E-state index is -0.336. The lowest BCUT2D eigenvalue weighted by molar-refractivity contribution is -0.120. The van der Waals surface area contributed by atoms with Crippen LogP contribution in [0.5, 0.6) is 0 Å². The zero-order valence-electron chi connectivity index (χ0n) is 12.5. The van der Waals surface area contributed by atoms with Crippen LogP contribution in [0, 0.1) is 6.92 Å². The van der Waals surface area contributed by atoms with Gasteiger partial charge in [-0.1, -0.05) is 36.4 Å². The molecule has 0 spiro atoms. The number of rotatable bonds is 5. The van der Waals surface area contributed by atoms with E-state index in [1.165, 1.54) is 0 Å². The average Bonchev–Trinajstić information content (AvgIpc) is 2.80. The molecule has 0 fully saturated rings. The zero-order valence-corrected chi connectivity index (χ0v) is 12.5. The molecule has 22 heavy (non-hydrogen) atoms. The van der Waals surface area contributed by atoms with Gasteiger partial charge in [0.25, 0.3) is 5.56 Å². The molecule has 1 heterocycles. The van der Waals surface area contributed by atoms with E-state index < -0.39 is 0 Å². The van der Waals surface area contributed by atoms with Gasteiger partial charge in [-0.15, -0.1) is 0 Å². The molecule has 0 unspecified atom stereocenters. The van der Waals surface area contributed by atoms with Crippen molar-refractivity contribution in [1.82, 2.24) is 15.6 Å². The second-order valence-electron chi connectivity index (χ2n) is 4.95. The Bertz CT molecular complexity index is 754. The van der Waals surface area contributed by atoms with Crippen LogP contribution in [0.1, 0.15) is 23.7 Å². The highest BCUT2D eigenvalue weighted by Gasteiger charge is 2.10. The summed E-state index contributed by atoms with van der Waals surface area (Å²) in [6.45, 7) is 3.63. The number of carbonyl (C=O) groups excluding carboxylic acids is 1. The molecule has 0 bridgehead atoms. The van der Waals surface area contributed by atoms with Crippen molar-refractivity contribution in [1.29, 1.82) is 0 Å². The van der Waals surface area contributed by atoms with Gasteiger partial charge in [0.2, 0.25) is 5.91 Å². The predicted octanol–water partition coefficient (Wildman–Crippen LogP) is 1.76.